The van der Waals surface area contributed by atoms with Gasteiger partial charge in [-0.1, -0.05) is 24.6 Å². The van der Waals surface area contributed by atoms with Crippen molar-refractivity contribution in [2.75, 3.05) is 25.5 Å². The second-order valence-electron chi connectivity index (χ2n) is 7.13. The summed E-state index contributed by atoms with van der Waals surface area (Å²) < 4.78 is 38.7. The van der Waals surface area contributed by atoms with E-state index in [1.807, 2.05) is 0 Å². The second kappa shape index (κ2) is 8.79. The monoisotopic (exact) mass is 430 g/mol. The molecular weight excluding hydrogens is 404 g/mol. The maximum absolute atomic E-state index is 12.9. The minimum Gasteiger partial charge on any atom is -0.497 e. The van der Waals surface area contributed by atoms with E-state index in [0.717, 1.165) is 24.8 Å². The van der Waals surface area contributed by atoms with Crippen molar-refractivity contribution in [1.29, 1.82) is 0 Å². The molecule has 8 heteroatoms. The van der Waals surface area contributed by atoms with Crippen LogP contribution in [0.15, 0.2) is 60.0 Å². The van der Waals surface area contributed by atoms with Gasteiger partial charge < -0.3 is 14.8 Å². The lowest BCUT2D eigenvalue weighted by Crippen LogP contribution is -2.49. The number of hydrogen-bond acceptors (Lipinski definition) is 5. The minimum atomic E-state index is -3.90. The number of ether oxygens (including phenoxy) is 2. The van der Waals surface area contributed by atoms with E-state index >= 15 is 0 Å². The number of methoxy groups -OCH3 is 2. The third-order valence-electron chi connectivity index (χ3n) is 5.40. The Morgan fingerprint density at radius 2 is 1.83 bits per heavy atom. The highest BCUT2D eigenvalue weighted by molar-refractivity contribution is 7.92. The zero-order chi connectivity index (χ0) is 21.8. The first-order valence-corrected chi connectivity index (χ1v) is 11.1. The number of nitrogens with one attached hydrogen (secondary N) is 2. The number of anilines is 1. The van der Waals surface area contributed by atoms with Crippen LogP contribution in [-0.2, 0) is 20.2 Å². The highest BCUT2D eigenvalue weighted by Crippen LogP contribution is 2.44. The molecule has 1 saturated carbocycles. The summed E-state index contributed by atoms with van der Waals surface area (Å²) in [5, 5.41) is 2.88. The van der Waals surface area contributed by atoms with Crippen molar-refractivity contribution >= 4 is 21.6 Å². The quantitative estimate of drug-likeness (QED) is 0.596. The van der Waals surface area contributed by atoms with Gasteiger partial charge in [0.05, 0.1) is 19.6 Å². The molecule has 0 aliphatic heterocycles. The fourth-order valence-corrected chi connectivity index (χ4v) is 4.82. The molecule has 7 nitrogen and oxygen atoms in total. The average molecular weight is 431 g/mol. The highest BCUT2D eigenvalue weighted by Gasteiger charge is 2.45. The maximum atomic E-state index is 12.9. The predicted molar refractivity (Wildman–Crippen MR) is 116 cm³/mol. The van der Waals surface area contributed by atoms with E-state index in [9.17, 15) is 13.2 Å². The first-order valence-electron chi connectivity index (χ1n) is 9.61. The van der Waals surface area contributed by atoms with Crippen LogP contribution in [0.3, 0.4) is 0 Å². The van der Waals surface area contributed by atoms with Crippen molar-refractivity contribution in [2.45, 2.75) is 29.6 Å². The van der Waals surface area contributed by atoms with Crippen LogP contribution >= 0.6 is 0 Å². The number of sulfonamides is 1. The number of benzene rings is 2. The Morgan fingerprint density at radius 1 is 1.13 bits per heavy atom. The normalized spacial score (nSPS) is 14.9. The summed E-state index contributed by atoms with van der Waals surface area (Å²) in [6, 6.07) is 11.5. The molecule has 0 atom stereocenters. The lowest BCUT2D eigenvalue weighted by Gasteiger charge is -2.40. The van der Waals surface area contributed by atoms with Gasteiger partial charge in [-0.05, 0) is 42.7 Å². The van der Waals surface area contributed by atoms with Crippen LogP contribution in [0.1, 0.15) is 24.8 Å². The molecule has 1 fully saturated rings. The molecule has 0 heterocycles. The van der Waals surface area contributed by atoms with Crippen LogP contribution in [0, 0.1) is 0 Å². The van der Waals surface area contributed by atoms with E-state index in [-0.39, 0.29) is 16.6 Å². The van der Waals surface area contributed by atoms with Crippen molar-refractivity contribution < 1.29 is 22.7 Å². The standard InChI is InChI=1S/C22H26N2O5S/c1-4-14-23-21(25)22(12-5-13-22)16-6-8-17(9-7-16)24-30(26,27)20-15-18(28-2)10-11-19(20)29-3/h4,6-11,15,24H,1,5,12-14H2,2-3H3,(H,23,25). The summed E-state index contributed by atoms with van der Waals surface area (Å²) in [6.07, 6.45) is 4.16. The highest BCUT2D eigenvalue weighted by atomic mass is 32.2. The van der Waals surface area contributed by atoms with Gasteiger partial charge in [0, 0.05) is 18.3 Å². The fraction of sp³-hybridized carbons (Fsp3) is 0.318. The van der Waals surface area contributed by atoms with Crippen LogP contribution in [0.25, 0.3) is 0 Å². The van der Waals surface area contributed by atoms with Gasteiger partial charge in [0.2, 0.25) is 5.91 Å². The molecule has 160 valence electrons. The second-order valence-corrected chi connectivity index (χ2v) is 8.78. The van der Waals surface area contributed by atoms with E-state index in [1.54, 1.807) is 42.5 Å². The van der Waals surface area contributed by atoms with Crippen molar-refractivity contribution in [3.63, 3.8) is 0 Å². The summed E-state index contributed by atoms with van der Waals surface area (Å²) in [7, 11) is -1.03. The molecule has 2 N–H and O–H groups in total. The molecule has 2 aromatic rings. The minimum absolute atomic E-state index is 0.0207. The van der Waals surface area contributed by atoms with Gasteiger partial charge in [-0.15, -0.1) is 6.58 Å². The van der Waals surface area contributed by atoms with E-state index < -0.39 is 15.4 Å². The smallest absolute Gasteiger partial charge is 0.265 e. The van der Waals surface area contributed by atoms with Crippen LogP contribution in [0.2, 0.25) is 0 Å². The lowest BCUT2D eigenvalue weighted by atomic mass is 9.64. The van der Waals surface area contributed by atoms with E-state index in [0.29, 0.717) is 18.0 Å². The number of amides is 1. The lowest BCUT2D eigenvalue weighted by molar-refractivity contribution is -0.129. The zero-order valence-electron chi connectivity index (χ0n) is 17.1. The molecule has 1 amide bonds. The summed E-state index contributed by atoms with van der Waals surface area (Å²) in [6.45, 7) is 4.05. The van der Waals surface area contributed by atoms with Gasteiger partial charge in [0.15, 0.2) is 0 Å². The van der Waals surface area contributed by atoms with E-state index in [2.05, 4.69) is 16.6 Å². The molecule has 1 aliphatic rings. The van der Waals surface area contributed by atoms with Gasteiger partial charge in [0.1, 0.15) is 16.4 Å². The number of hydrogen-bond donors (Lipinski definition) is 2. The Morgan fingerprint density at radius 3 is 2.37 bits per heavy atom. The predicted octanol–water partition coefficient (Wildman–Crippen LogP) is 3.23. The van der Waals surface area contributed by atoms with Gasteiger partial charge in [-0.25, -0.2) is 8.42 Å². The number of rotatable bonds is 9. The Hall–Kier alpha value is -3.00. The van der Waals surface area contributed by atoms with Crippen molar-refractivity contribution in [3.8, 4) is 11.5 Å². The van der Waals surface area contributed by atoms with Crippen molar-refractivity contribution in [3.05, 3.63) is 60.7 Å². The topological polar surface area (TPSA) is 93.7 Å². The molecule has 0 radical (unpaired) electrons. The van der Waals surface area contributed by atoms with Crippen molar-refractivity contribution in [2.24, 2.45) is 0 Å². The molecule has 2 aromatic carbocycles. The van der Waals surface area contributed by atoms with Crippen LogP contribution < -0.4 is 19.5 Å². The van der Waals surface area contributed by atoms with Gasteiger partial charge in [-0.3, -0.25) is 9.52 Å². The third kappa shape index (κ3) is 4.14. The van der Waals surface area contributed by atoms with Crippen LogP contribution in [0.5, 0.6) is 11.5 Å². The summed E-state index contributed by atoms with van der Waals surface area (Å²) in [5.74, 6) is 0.597. The zero-order valence-corrected chi connectivity index (χ0v) is 17.9. The number of carbonyl (C=O) groups is 1. The summed E-state index contributed by atoms with van der Waals surface area (Å²) in [5.41, 5.74) is 0.706. The molecular formula is C22H26N2O5S. The Labute approximate surface area is 177 Å². The summed E-state index contributed by atoms with van der Waals surface area (Å²) >= 11 is 0. The van der Waals surface area contributed by atoms with Crippen LogP contribution in [0.4, 0.5) is 5.69 Å². The average Bonchev–Trinajstić information content (AvgIpc) is 2.71. The van der Waals surface area contributed by atoms with E-state index in [1.165, 1.54) is 20.3 Å². The molecule has 0 unspecified atom stereocenters. The first kappa shape index (κ1) is 21.7. The van der Waals surface area contributed by atoms with Crippen LogP contribution in [-0.4, -0.2) is 35.1 Å². The summed E-state index contributed by atoms with van der Waals surface area (Å²) in [4.78, 5) is 12.6. The van der Waals surface area contributed by atoms with Gasteiger partial charge in [0.25, 0.3) is 10.0 Å². The molecule has 1 aliphatic carbocycles. The Kier molecular flexibility index (Phi) is 6.36. The Bertz CT molecular complexity index is 1030. The maximum Gasteiger partial charge on any atom is 0.265 e. The van der Waals surface area contributed by atoms with E-state index in [4.69, 9.17) is 9.47 Å². The molecule has 30 heavy (non-hydrogen) atoms. The SMILES string of the molecule is C=CCNC(=O)C1(c2ccc(NS(=O)(=O)c3cc(OC)ccc3OC)cc2)CCC1. The van der Waals surface area contributed by atoms with Gasteiger partial charge >= 0.3 is 0 Å². The van der Waals surface area contributed by atoms with Gasteiger partial charge in [-0.2, -0.15) is 0 Å². The number of carbonyl (C=O) groups excluding carboxylic acids is 1. The van der Waals surface area contributed by atoms with Crippen molar-refractivity contribution in [1.82, 2.24) is 5.32 Å². The molecule has 0 aromatic heterocycles. The fourth-order valence-electron chi connectivity index (χ4n) is 3.57. The Balaban J connectivity index is 1.83. The largest absolute Gasteiger partial charge is 0.497 e. The third-order valence-corrected chi connectivity index (χ3v) is 6.80. The molecule has 3 rings (SSSR count). The molecule has 0 bridgehead atoms. The molecule has 0 spiro atoms. The molecule has 0 saturated heterocycles. The first-order chi connectivity index (χ1) is 14.4.